The molecule has 1 atom stereocenters. The molecule has 0 amide bonds. The molecular formula is C10H16N4O2. The third-order valence-corrected chi connectivity index (χ3v) is 2.69. The standard InChI is InChI=1S/C10H16N4O2/c1-16-10-8(11)9(13-5-14-10)12-4-7(15)6-2-3-6/h5-7,15H,2-4,11H2,1H3,(H,12,13,14). The molecular weight excluding hydrogens is 208 g/mol. The van der Waals surface area contributed by atoms with E-state index in [9.17, 15) is 5.11 Å². The Bertz CT molecular complexity index is 368. The Morgan fingerprint density at radius 2 is 2.38 bits per heavy atom. The Morgan fingerprint density at radius 3 is 3.00 bits per heavy atom. The van der Waals surface area contributed by atoms with Crippen LogP contribution in [0.15, 0.2) is 6.33 Å². The fraction of sp³-hybridized carbons (Fsp3) is 0.600. The van der Waals surface area contributed by atoms with Gasteiger partial charge in [0, 0.05) is 6.54 Å². The molecule has 1 aliphatic carbocycles. The van der Waals surface area contributed by atoms with Crippen LogP contribution >= 0.6 is 0 Å². The summed E-state index contributed by atoms with van der Waals surface area (Å²) < 4.78 is 4.97. The number of nitrogen functional groups attached to an aromatic ring is 1. The molecule has 1 heterocycles. The zero-order valence-corrected chi connectivity index (χ0v) is 9.18. The first-order chi connectivity index (χ1) is 7.72. The topological polar surface area (TPSA) is 93.3 Å². The van der Waals surface area contributed by atoms with Crippen LogP contribution in [0.5, 0.6) is 5.88 Å². The second-order valence-corrected chi connectivity index (χ2v) is 3.93. The van der Waals surface area contributed by atoms with Crippen LogP contribution in [0.25, 0.3) is 0 Å². The van der Waals surface area contributed by atoms with E-state index in [1.807, 2.05) is 0 Å². The highest BCUT2D eigenvalue weighted by molar-refractivity contribution is 5.66. The first-order valence-corrected chi connectivity index (χ1v) is 5.28. The fourth-order valence-corrected chi connectivity index (χ4v) is 1.53. The molecule has 1 aliphatic rings. The largest absolute Gasteiger partial charge is 0.479 e. The molecule has 0 aliphatic heterocycles. The summed E-state index contributed by atoms with van der Waals surface area (Å²) in [6, 6.07) is 0. The summed E-state index contributed by atoms with van der Waals surface area (Å²) in [5.41, 5.74) is 6.15. The monoisotopic (exact) mass is 224 g/mol. The van der Waals surface area contributed by atoms with E-state index in [0.29, 0.717) is 29.8 Å². The van der Waals surface area contributed by atoms with Crippen molar-refractivity contribution in [2.75, 3.05) is 24.7 Å². The molecule has 1 aromatic heterocycles. The van der Waals surface area contributed by atoms with Gasteiger partial charge in [-0.15, -0.1) is 0 Å². The van der Waals surface area contributed by atoms with E-state index in [-0.39, 0.29) is 6.10 Å². The minimum atomic E-state index is -0.333. The predicted octanol–water partition coefficient (Wildman–Crippen LogP) is 0.250. The lowest BCUT2D eigenvalue weighted by atomic mass is 10.2. The van der Waals surface area contributed by atoms with Gasteiger partial charge >= 0.3 is 0 Å². The molecule has 0 spiro atoms. The van der Waals surface area contributed by atoms with Gasteiger partial charge < -0.3 is 20.9 Å². The number of nitrogens with one attached hydrogen (secondary N) is 1. The molecule has 1 fully saturated rings. The minimum absolute atomic E-state index is 0.333. The molecule has 88 valence electrons. The molecule has 16 heavy (non-hydrogen) atoms. The molecule has 6 heteroatoms. The van der Waals surface area contributed by atoms with E-state index >= 15 is 0 Å². The third-order valence-electron chi connectivity index (χ3n) is 2.69. The molecule has 0 radical (unpaired) electrons. The molecule has 0 saturated heterocycles. The van der Waals surface area contributed by atoms with Crippen LogP contribution in [-0.2, 0) is 0 Å². The number of nitrogens with zero attached hydrogens (tertiary/aromatic N) is 2. The van der Waals surface area contributed by atoms with Gasteiger partial charge in [-0.3, -0.25) is 0 Å². The smallest absolute Gasteiger partial charge is 0.242 e. The van der Waals surface area contributed by atoms with Gasteiger partial charge in [0.2, 0.25) is 5.88 Å². The zero-order chi connectivity index (χ0) is 11.5. The van der Waals surface area contributed by atoms with Crippen molar-refractivity contribution in [3.63, 3.8) is 0 Å². The van der Waals surface area contributed by atoms with Gasteiger partial charge in [0.15, 0.2) is 5.82 Å². The number of rotatable bonds is 5. The van der Waals surface area contributed by atoms with Crippen LogP contribution in [0, 0.1) is 5.92 Å². The fourth-order valence-electron chi connectivity index (χ4n) is 1.53. The van der Waals surface area contributed by atoms with Gasteiger partial charge in [-0.25, -0.2) is 4.98 Å². The highest BCUT2D eigenvalue weighted by atomic mass is 16.5. The average Bonchev–Trinajstić information content (AvgIpc) is 3.11. The first-order valence-electron chi connectivity index (χ1n) is 5.28. The van der Waals surface area contributed by atoms with Crippen molar-refractivity contribution in [3.8, 4) is 5.88 Å². The number of hydrogen-bond acceptors (Lipinski definition) is 6. The van der Waals surface area contributed by atoms with E-state index in [1.165, 1.54) is 13.4 Å². The van der Waals surface area contributed by atoms with Crippen molar-refractivity contribution in [1.29, 1.82) is 0 Å². The highest BCUT2D eigenvalue weighted by Gasteiger charge is 2.29. The van der Waals surface area contributed by atoms with Crippen molar-refractivity contribution >= 4 is 11.5 Å². The van der Waals surface area contributed by atoms with Crippen molar-refractivity contribution in [3.05, 3.63) is 6.33 Å². The van der Waals surface area contributed by atoms with Crippen LogP contribution in [0.4, 0.5) is 11.5 Å². The Balaban J connectivity index is 1.97. The molecule has 2 rings (SSSR count). The molecule has 4 N–H and O–H groups in total. The summed E-state index contributed by atoms with van der Waals surface area (Å²) in [4.78, 5) is 7.87. The van der Waals surface area contributed by atoms with Crippen molar-refractivity contribution in [2.45, 2.75) is 18.9 Å². The van der Waals surface area contributed by atoms with E-state index in [1.54, 1.807) is 0 Å². The number of aliphatic hydroxyl groups is 1. The van der Waals surface area contributed by atoms with Crippen molar-refractivity contribution in [2.24, 2.45) is 5.92 Å². The Kier molecular flexibility index (Phi) is 3.09. The van der Waals surface area contributed by atoms with Gasteiger partial charge in [0.1, 0.15) is 12.0 Å². The zero-order valence-electron chi connectivity index (χ0n) is 9.18. The number of aliphatic hydroxyl groups excluding tert-OH is 1. The van der Waals surface area contributed by atoms with Crippen molar-refractivity contribution < 1.29 is 9.84 Å². The van der Waals surface area contributed by atoms with Crippen LogP contribution in [0.1, 0.15) is 12.8 Å². The molecule has 1 saturated carbocycles. The maximum absolute atomic E-state index is 9.69. The van der Waals surface area contributed by atoms with E-state index in [4.69, 9.17) is 10.5 Å². The lowest BCUT2D eigenvalue weighted by Gasteiger charge is -2.13. The van der Waals surface area contributed by atoms with Crippen LogP contribution < -0.4 is 15.8 Å². The summed E-state index contributed by atoms with van der Waals surface area (Å²) in [6.45, 7) is 0.453. The number of nitrogens with two attached hydrogens (primary N) is 1. The van der Waals surface area contributed by atoms with Gasteiger partial charge in [-0.2, -0.15) is 4.98 Å². The van der Waals surface area contributed by atoms with E-state index < -0.39 is 0 Å². The number of aromatic nitrogens is 2. The van der Waals surface area contributed by atoms with Crippen LogP contribution in [0.2, 0.25) is 0 Å². The van der Waals surface area contributed by atoms with E-state index in [0.717, 1.165) is 12.8 Å². The predicted molar refractivity (Wildman–Crippen MR) is 60.2 cm³/mol. The lowest BCUT2D eigenvalue weighted by molar-refractivity contribution is 0.164. The molecule has 0 bridgehead atoms. The highest BCUT2D eigenvalue weighted by Crippen LogP contribution is 2.33. The second-order valence-electron chi connectivity index (χ2n) is 3.93. The van der Waals surface area contributed by atoms with Crippen LogP contribution in [0.3, 0.4) is 0 Å². The van der Waals surface area contributed by atoms with Gasteiger partial charge in [0.05, 0.1) is 13.2 Å². The summed E-state index contributed by atoms with van der Waals surface area (Å²) in [7, 11) is 1.50. The molecule has 6 nitrogen and oxygen atoms in total. The van der Waals surface area contributed by atoms with Gasteiger partial charge in [-0.05, 0) is 18.8 Å². The maximum Gasteiger partial charge on any atom is 0.242 e. The molecule has 1 unspecified atom stereocenters. The summed E-state index contributed by atoms with van der Waals surface area (Å²) >= 11 is 0. The Hall–Kier alpha value is -1.56. The Morgan fingerprint density at radius 1 is 1.62 bits per heavy atom. The summed E-state index contributed by atoms with van der Waals surface area (Å²) in [6.07, 6.45) is 3.25. The van der Waals surface area contributed by atoms with Crippen molar-refractivity contribution in [1.82, 2.24) is 9.97 Å². The third kappa shape index (κ3) is 2.33. The van der Waals surface area contributed by atoms with E-state index in [2.05, 4.69) is 15.3 Å². The lowest BCUT2D eigenvalue weighted by Crippen LogP contribution is -2.22. The van der Waals surface area contributed by atoms with Gasteiger partial charge in [-0.1, -0.05) is 0 Å². The SMILES string of the molecule is COc1ncnc(NCC(O)C2CC2)c1N. The minimum Gasteiger partial charge on any atom is -0.479 e. The number of ether oxygens (including phenoxy) is 1. The molecule has 1 aromatic rings. The number of methoxy groups -OCH3 is 1. The number of anilines is 2. The first kappa shape index (κ1) is 10.9. The van der Waals surface area contributed by atoms with Gasteiger partial charge in [0.25, 0.3) is 0 Å². The quantitative estimate of drug-likeness (QED) is 0.664. The summed E-state index contributed by atoms with van der Waals surface area (Å²) in [5.74, 6) is 1.28. The summed E-state index contributed by atoms with van der Waals surface area (Å²) in [5, 5.41) is 12.7. The average molecular weight is 224 g/mol. The second kappa shape index (κ2) is 4.52. The van der Waals surface area contributed by atoms with Crippen LogP contribution in [-0.4, -0.2) is 34.8 Å². The Labute approximate surface area is 93.9 Å². The maximum atomic E-state index is 9.69. The normalized spacial score (nSPS) is 16.9. The molecule has 0 aromatic carbocycles. The number of hydrogen-bond donors (Lipinski definition) is 3.